The van der Waals surface area contributed by atoms with Gasteiger partial charge in [-0.2, -0.15) is 0 Å². The molecule has 3 heteroatoms. The Morgan fingerprint density at radius 2 is 1.93 bits per heavy atom. The fraction of sp³-hybridized carbons (Fsp3) is 1.00. The quantitative estimate of drug-likeness (QED) is 0.705. The van der Waals surface area contributed by atoms with Crippen molar-refractivity contribution >= 4 is 0 Å². The molecule has 1 unspecified atom stereocenters. The Labute approximate surface area is 87.5 Å². The molecule has 0 aromatic rings. The summed E-state index contributed by atoms with van der Waals surface area (Å²) < 4.78 is 0. The second-order valence-corrected chi connectivity index (χ2v) is 4.49. The van der Waals surface area contributed by atoms with Crippen LogP contribution >= 0.6 is 0 Å². The molecule has 0 spiro atoms. The third-order valence-corrected chi connectivity index (χ3v) is 3.44. The van der Waals surface area contributed by atoms with Gasteiger partial charge in [0.05, 0.1) is 6.61 Å². The van der Waals surface area contributed by atoms with Gasteiger partial charge >= 0.3 is 0 Å². The molecule has 1 fully saturated rings. The largest absolute Gasteiger partial charge is 0.395 e. The van der Waals surface area contributed by atoms with E-state index < -0.39 is 0 Å². The van der Waals surface area contributed by atoms with E-state index in [9.17, 15) is 0 Å². The molecule has 1 heterocycles. The Kier molecular flexibility index (Phi) is 4.85. The van der Waals surface area contributed by atoms with Crippen molar-refractivity contribution in [1.29, 1.82) is 0 Å². The summed E-state index contributed by atoms with van der Waals surface area (Å²) in [5.74, 6) is 0. The smallest absolute Gasteiger partial charge is 0.0597 e. The number of rotatable bonds is 4. The van der Waals surface area contributed by atoms with E-state index in [1.807, 2.05) is 7.05 Å². The fourth-order valence-electron chi connectivity index (χ4n) is 2.33. The van der Waals surface area contributed by atoms with Crippen LogP contribution in [0.1, 0.15) is 33.1 Å². The van der Waals surface area contributed by atoms with Gasteiger partial charge in [-0.15, -0.1) is 0 Å². The van der Waals surface area contributed by atoms with Gasteiger partial charge in [0, 0.05) is 24.7 Å². The molecule has 84 valence electrons. The number of nitrogens with one attached hydrogen (secondary N) is 1. The van der Waals surface area contributed by atoms with Crippen LogP contribution in [0, 0.1) is 0 Å². The fourth-order valence-corrected chi connectivity index (χ4v) is 2.33. The number of piperidine rings is 1. The number of aliphatic hydroxyl groups excluding tert-OH is 1. The third-order valence-electron chi connectivity index (χ3n) is 3.44. The van der Waals surface area contributed by atoms with Crippen molar-refractivity contribution in [2.75, 3.05) is 20.2 Å². The molecule has 3 atom stereocenters. The molecular weight excluding hydrogens is 176 g/mol. The lowest BCUT2D eigenvalue weighted by Gasteiger charge is -2.40. The van der Waals surface area contributed by atoms with Crippen LogP contribution in [0.3, 0.4) is 0 Å². The first-order chi connectivity index (χ1) is 6.69. The molecule has 1 saturated heterocycles. The third kappa shape index (κ3) is 2.94. The number of likely N-dealkylation sites (tertiary alicyclic amines) is 1. The molecular formula is C11H24N2O. The zero-order valence-electron chi connectivity index (χ0n) is 9.66. The Morgan fingerprint density at radius 1 is 1.36 bits per heavy atom. The highest BCUT2D eigenvalue weighted by molar-refractivity contribution is 4.82. The SMILES string of the molecule is CNC(CO)CN1[C@H](C)CCC[C@@H]1C. The Morgan fingerprint density at radius 3 is 2.36 bits per heavy atom. The van der Waals surface area contributed by atoms with Crippen LogP contribution in [-0.2, 0) is 0 Å². The lowest BCUT2D eigenvalue weighted by molar-refractivity contribution is 0.0800. The zero-order valence-corrected chi connectivity index (χ0v) is 9.66. The summed E-state index contributed by atoms with van der Waals surface area (Å²) in [7, 11) is 1.92. The van der Waals surface area contributed by atoms with Crippen LogP contribution in [0.4, 0.5) is 0 Å². The number of hydrogen-bond donors (Lipinski definition) is 2. The van der Waals surface area contributed by atoms with Crippen LogP contribution in [0.25, 0.3) is 0 Å². The molecule has 0 bridgehead atoms. The summed E-state index contributed by atoms with van der Waals surface area (Å²) in [4.78, 5) is 2.51. The highest BCUT2D eigenvalue weighted by Crippen LogP contribution is 2.22. The van der Waals surface area contributed by atoms with Gasteiger partial charge in [-0.1, -0.05) is 6.42 Å². The summed E-state index contributed by atoms with van der Waals surface area (Å²) >= 11 is 0. The minimum atomic E-state index is 0.220. The summed E-state index contributed by atoms with van der Waals surface area (Å²) in [6, 6.07) is 1.56. The van der Waals surface area contributed by atoms with E-state index in [0.29, 0.717) is 12.1 Å². The Hall–Kier alpha value is -0.120. The van der Waals surface area contributed by atoms with Crippen molar-refractivity contribution in [3.05, 3.63) is 0 Å². The maximum Gasteiger partial charge on any atom is 0.0597 e. The molecule has 1 aliphatic heterocycles. The molecule has 14 heavy (non-hydrogen) atoms. The first kappa shape index (κ1) is 12.0. The second-order valence-electron chi connectivity index (χ2n) is 4.49. The average molecular weight is 200 g/mol. The van der Waals surface area contributed by atoms with Crippen LogP contribution in [-0.4, -0.2) is 48.3 Å². The van der Waals surface area contributed by atoms with E-state index in [-0.39, 0.29) is 12.6 Å². The topological polar surface area (TPSA) is 35.5 Å². The van der Waals surface area contributed by atoms with E-state index in [4.69, 9.17) is 5.11 Å². The Balaban J connectivity index is 2.46. The van der Waals surface area contributed by atoms with Crippen molar-refractivity contribution in [2.45, 2.75) is 51.2 Å². The van der Waals surface area contributed by atoms with Crippen molar-refractivity contribution in [1.82, 2.24) is 10.2 Å². The molecule has 0 radical (unpaired) electrons. The predicted molar refractivity (Wildman–Crippen MR) is 59.4 cm³/mol. The highest BCUT2D eigenvalue weighted by Gasteiger charge is 2.26. The van der Waals surface area contributed by atoms with Gasteiger partial charge in [0.1, 0.15) is 0 Å². The predicted octanol–water partition coefficient (Wildman–Crippen LogP) is 0.830. The van der Waals surface area contributed by atoms with E-state index in [0.717, 1.165) is 6.54 Å². The van der Waals surface area contributed by atoms with Crippen molar-refractivity contribution in [2.24, 2.45) is 0 Å². The van der Waals surface area contributed by atoms with Crippen molar-refractivity contribution in [3.63, 3.8) is 0 Å². The monoisotopic (exact) mass is 200 g/mol. The summed E-state index contributed by atoms with van der Waals surface area (Å²) in [6.45, 7) is 5.78. The number of hydrogen-bond acceptors (Lipinski definition) is 3. The normalized spacial score (nSPS) is 31.7. The molecule has 0 aliphatic carbocycles. The van der Waals surface area contributed by atoms with Gasteiger partial charge in [0.25, 0.3) is 0 Å². The minimum absolute atomic E-state index is 0.220. The Bertz CT molecular complexity index is 149. The average Bonchev–Trinajstić information content (AvgIpc) is 2.18. The number of nitrogens with zero attached hydrogens (tertiary/aromatic N) is 1. The van der Waals surface area contributed by atoms with E-state index in [2.05, 4.69) is 24.1 Å². The molecule has 0 aromatic carbocycles. The van der Waals surface area contributed by atoms with E-state index >= 15 is 0 Å². The highest BCUT2D eigenvalue weighted by atomic mass is 16.3. The first-order valence-electron chi connectivity index (χ1n) is 5.73. The van der Waals surface area contributed by atoms with E-state index in [1.165, 1.54) is 19.3 Å². The van der Waals surface area contributed by atoms with Gasteiger partial charge < -0.3 is 10.4 Å². The molecule has 0 amide bonds. The van der Waals surface area contributed by atoms with Crippen LogP contribution < -0.4 is 5.32 Å². The van der Waals surface area contributed by atoms with Crippen LogP contribution in [0.2, 0.25) is 0 Å². The molecule has 1 rings (SSSR count). The van der Waals surface area contributed by atoms with Crippen LogP contribution in [0.15, 0.2) is 0 Å². The van der Waals surface area contributed by atoms with Crippen molar-refractivity contribution < 1.29 is 5.11 Å². The molecule has 2 N–H and O–H groups in total. The lowest BCUT2D eigenvalue weighted by atomic mass is 9.97. The molecule has 1 aliphatic rings. The van der Waals surface area contributed by atoms with Crippen molar-refractivity contribution in [3.8, 4) is 0 Å². The number of aliphatic hydroxyl groups is 1. The maximum absolute atomic E-state index is 9.14. The second kappa shape index (κ2) is 5.69. The molecule has 3 nitrogen and oxygen atoms in total. The standard InChI is InChI=1S/C11H24N2O/c1-9-5-4-6-10(2)13(9)7-11(8-14)12-3/h9-12,14H,4-8H2,1-3H3/t9-,10+,11?. The summed E-state index contributed by atoms with van der Waals surface area (Å²) in [5.41, 5.74) is 0. The maximum atomic E-state index is 9.14. The zero-order chi connectivity index (χ0) is 10.6. The van der Waals surface area contributed by atoms with Gasteiger partial charge in [0.2, 0.25) is 0 Å². The van der Waals surface area contributed by atoms with Crippen LogP contribution in [0.5, 0.6) is 0 Å². The van der Waals surface area contributed by atoms with Gasteiger partial charge in [-0.05, 0) is 33.7 Å². The first-order valence-corrected chi connectivity index (χ1v) is 5.73. The molecule has 0 aromatic heterocycles. The van der Waals surface area contributed by atoms with Gasteiger partial charge in [-0.3, -0.25) is 4.90 Å². The van der Waals surface area contributed by atoms with E-state index in [1.54, 1.807) is 0 Å². The lowest BCUT2D eigenvalue weighted by Crippen LogP contribution is -2.50. The molecule has 0 saturated carbocycles. The summed E-state index contributed by atoms with van der Waals surface area (Å²) in [6.07, 6.45) is 3.95. The van der Waals surface area contributed by atoms with Gasteiger partial charge in [-0.25, -0.2) is 0 Å². The number of likely N-dealkylation sites (N-methyl/N-ethyl adjacent to an activating group) is 1. The van der Waals surface area contributed by atoms with Gasteiger partial charge in [0.15, 0.2) is 0 Å². The summed E-state index contributed by atoms with van der Waals surface area (Å²) in [5, 5.41) is 12.3. The minimum Gasteiger partial charge on any atom is -0.395 e.